The lowest BCUT2D eigenvalue weighted by Crippen LogP contribution is -2.40. The van der Waals surface area contributed by atoms with Crippen LogP contribution < -0.4 is 9.78 Å². The monoisotopic (exact) mass is 856 g/mol. The third kappa shape index (κ3) is 5.44. The van der Waals surface area contributed by atoms with Crippen LogP contribution in [-0.2, 0) is 6.54 Å². The van der Waals surface area contributed by atoms with Gasteiger partial charge < -0.3 is 13.4 Å². The number of benzene rings is 11. The second kappa shape index (κ2) is 13.8. The number of hydrogen-bond acceptors (Lipinski definition) is 3. The molecular formula is C61H36N4O2. The molecular weight excluding hydrogens is 821 g/mol. The van der Waals surface area contributed by atoms with Gasteiger partial charge >= 0.3 is 5.82 Å². The molecule has 0 amide bonds. The van der Waals surface area contributed by atoms with Crippen molar-refractivity contribution in [1.82, 2.24) is 14.6 Å². The highest BCUT2D eigenvalue weighted by atomic mass is 16.3. The van der Waals surface area contributed by atoms with Gasteiger partial charge in [0, 0.05) is 43.4 Å². The van der Waals surface area contributed by atoms with E-state index in [2.05, 4.69) is 193 Å². The molecule has 0 N–H and O–H groups in total. The van der Waals surface area contributed by atoms with Gasteiger partial charge in [0.15, 0.2) is 0 Å². The Morgan fingerprint density at radius 3 is 2.03 bits per heavy atom. The highest BCUT2D eigenvalue weighted by Gasteiger charge is 2.24. The smallest absolute Gasteiger partial charge is 0.334 e. The van der Waals surface area contributed by atoms with Crippen LogP contribution >= 0.6 is 0 Å². The normalized spacial score (nSPS) is 12.2. The Morgan fingerprint density at radius 1 is 0.448 bits per heavy atom. The Balaban J connectivity index is 0.916. The third-order valence-electron chi connectivity index (χ3n) is 13.9. The van der Waals surface area contributed by atoms with E-state index in [4.69, 9.17) is 18.9 Å². The lowest BCUT2D eigenvalue weighted by atomic mass is 10.0. The molecule has 0 radical (unpaired) electrons. The minimum Gasteiger partial charge on any atom is -0.456 e. The molecule has 0 aliphatic carbocycles. The first-order valence-corrected chi connectivity index (χ1v) is 22.7. The van der Waals surface area contributed by atoms with Gasteiger partial charge in [-0.3, -0.25) is 0 Å². The van der Waals surface area contributed by atoms with Crippen molar-refractivity contribution in [1.29, 1.82) is 0 Å². The topological polar surface area (TPSA) is 62.1 Å². The van der Waals surface area contributed by atoms with E-state index < -0.39 is 0 Å². The molecule has 15 aromatic rings. The molecule has 0 aliphatic heterocycles. The number of rotatable bonds is 5. The van der Waals surface area contributed by atoms with Gasteiger partial charge in [0.25, 0.3) is 0 Å². The van der Waals surface area contributed by atoms with Crippen molar-refractivity contribution in [3.05, 3.63) is 212 Å². The fourth-order valence-corrected chi connectivity index (χ4v) is 10.8. The zero-order valence-corrected chi connectivity index (χ0v) is 35.9. The molecule has 4 heterocycles. The summed E-state index contributed by atoms with van der Waals surface area (Å²) in [6.45, 7) is 0.492. The first kappa shape index (κ1) is 36.4. The molecule has 4 aromatic heterocycles. The Kier molecular flexibility index (Phi) is 7.46. The van der Waals surface area contributed by atoms with Crippen molar-refractivity contribution in [2.45, 2.75) is 6.54 Å². The Hall–Kier alpha value is -9.00. The van der Waals surface area contributed by atoms with Crippen LogP contribution in [0.25, 0.3) is 137 Å². The van der Waals surface area contributed by atoms with Crippen LogP contribution in [0.3, 0.4) is 0 Å². The summed E-state index contributed by atoms with van der Waals surface area (Å²) >= 11 is 0. The molecule has 67 heavy (non-hydrogen) atoms. The summed E-state index contributed by atoms with van der Waals surface area (Å²) in [6.07, 6.45) is 0. The summed E-state index contributed by atoms with van der Waals surface area (Å²) in [4.78, 5) is 5.30. The van der Waals surface area contributed by atoms with Crippen molar-refractivity contribution < 1.29 is 13.5 Å². The fourth-order valence-electron chi connectivity index (χ4n) is 10.8. The second-order valence-corrected chi connectivity index (χ2v) is 17.8. The third-order valence-corrected chi connectivity index (χ3v) is 13.9. The largest absolute Gasteiger partial charge is 0.456 e. The van der Waals surface area contributed by atoms with E-state index in [-0.39, 0.29) is 0 Å². The number of para-hydroxylation sites is 2. The van der Waals surface area contributed by atoms with Gasteiger partial charge in [-0.15, -0.1) is 0 Å². The number of aromatic nitrogens is 4. The van der Waals surface area contributed by atoms with Crippen LogP contribution in [0.2, 0.25) is 0 Å². The average Bonchev–Trinajstić information content (AvgIpc) is 4.16. The standard InChI is InChI=1S/C61H36N4O2/c1-2-12-40-31-43(22-21-37(40)10-1)61-62-60(49-18-9-17-48-46-16-7-8-19-54(46)67-59(48)49)63-64(61)35-36-20-28-55-52(30-36)57-50-34-44(26-23-39(50)25-29-56(57)66-55)65-53-33-42-14-4-3-13-41(42)32-51(53)47-27-24-38-11-5-6-15-45(38)58(47)65/h1-34H,35H2. The van der Waals surface area contributed by atoms with Crippen LogP contribution in [0.15, 0.2) is 215 Å². The zero-order chi connectivity index (χ0) is 43.7. The molecule has 0 atom stereocenters. The van der Waals surface area contributed by atoms with Gasteiger partial charge in [0.2, 0.25) is 5.82 Å². The molecule has 0 unspecified atom stereocenters. The molecule has 11 aromatic carbocycles. The average molecular weight is 857 g/mol. The van der Waals surface area contributed by atoms with Crippen molar-refractivity contribution >= 4 is 109 Å². The predicted molar refractivity (Wildman–Crippen MR) is 273 cm³/mol. The molecule has 0 spiro atoms. The lowest BCUT2D eigenvalue weighted by Gasteiger charge is -2.12. The minimum absolute atomic E-state index is 0.492. The molecule has 15 rings (SSSR count). The van der Waals surface area contributed by atoms with Crippen molar-refractivity contribution in [2.24, 2.45) is 0 Å². The molecule has 0 fully saturated rings. The molecule has 312 valence electrons. The maximum atomic E-state index is 6.65. The van der Waals surface area contributed by atoms with Gasteiger partial charge in [-0.2, -0.15) is 0 Å². The summed E-state index contributed by atoms with van der Waals surface area (Å²) in [7, 11) is 0. The molecule has 0 aliphatic rings. The predicted octanol–water partition coefficient (Wildman–Crippen LogP) is 15.2. The van der Waals surface area contributed by atoms with Crippen LogP contribution in [-0.4, -0.2) is 9.55 Å². The number of furan rings is 2. The zero-order valence-electron chi connectivity index (χ0n) is 35.9. The highest BCUT2D eigenvalue weighted by molar-refractivity contribution is 6.22. The first-order chi connectivity index (χ1) is 33.2. The van der Waals surface area contributed by atoms with E-state index in [1.54, 1.807) is 0 Å². The summed E-state index contributed by atoms with van der Waals surface area (Å²) in [5.74, 6) is 1.40. The SMILES string of the molecule is c1ccc2cc(-c3nc(-c4cccc5c4oc4ccccc45)[n-][n+]3Cc3ccc4oc5ccc6ccc(-n7c8cc9ccccc9cc8c8ccc9ccccc9c87)cc6c5c4c3)ccc2c1. The minimum atomic E-state index is 0.492. The molecule has 0 saturated heterocycles. The van der Waals surface area contributed by atoms with Crippen LogP contribution in [0.4, 0.5) is 0 Å². The van der Waals surface area contributed by atoms with Crippen molar-refractivity contribution in [3.63, 3.8) is 0 Å². The Bertz CT molecular complexity index is 4560. The van der Waals surface area contributed by atoms with Gasteiger partial charge in [-0.25, -0.2) is 9.78 Å². The van der Waals surface area contributed by atoms with Crippen molar-refractivity contribution in [2.75, 3.05) is 0 Å². The number of hydrogen-bond donors (Lipinski definition) is 0. The second-order valence-electron chi connectivity index (χ2n) is 17.8. The molecule has 0 bridgehead atoms. The summed E-state index contributed by atoms with van der Waals surface area (Å²) < 4.78 is 17.6. The summed E-state index contributed by atoms with van der Waals surface area (Å²) in [5.41, 5.74) is 9.76. The summed E-state index contributed by atoms with van der Waals surface area (Å²) in [6, 6.07) is 73.7. The van der Waals surface area contributed by atoms with E-state index in [0.717, 1.165) is 88.2 Å². The van der Waals surface area contributed by atoms with Crippen molar-refractivity contribution in [3.8, 4) is 28.5 Å². The highest BCUT2D eigenvalue weighted by Crippen LogP contribution is 2.42. The number of nitrogens with zero attached hydrogens (tertiary/aromatic N) is 4. The maximum Gasteiger partial charge on any atom is 0.334 e. The van der Waals surface area contributed by atoms with E-state index in [0.29, 0.717) is 12.4 Å². The fraction of sp³-hybridized carbons (Fsp3) is 0.0164. The van der Waals surface area contributed by atoms with Crippen LogP contribution in [0, 0.1) is 0 Å². The van der Waals surface area contributed by atoms with E-state index in [1.807, 2.05) is 22.9 Å². The Labute approximate surface area is 382 Å². The number of fused-ring (bicyclic) bond motifs is 15. The van der Waals surface area contributed by atoms with Gasteiger partial charge in [0.1, 0.15) is 28.9 Å². The Morgan fingerprint density at radius 2 is 1.13 bits per heavy atom. The van der Waals surface area contributed by atoms with Gasteiger partial charge in [0.05, 0.1) is 22.2 Å². The van der Waals surface area contributed by atoms with Gasteiger partial charge in [-0.05, 0) is 115 Å². The maximum absolute atomic E-state index is 6.65. The quantitative estimate of drug-likeness (QED) is 0.162. The van der Waals surface area contributed by atoms with Gasteiger partial charge in [-0.1, -0.05) is 140 Å². The van der Waals surface area contributed by atoms with Crippen LogP contribution in [0.5, 0.6) is 0 Å². The van der Waals surface area contributed by atoms with E-state index in [1.165, 1.54) is 48.7 Å². The molecule has 0 saturated carbocycles. The van der Waals surface area contributed by atoms with E-state index >= 15 is 0 Å². The molecule has 6 heteroatoms. The van der Waals surface area contributed by atoms with Crippen LogP contribution in [0.1, 0.15) is 5.56 Å². The van der Waals surface area contributed by atoms with E-state index in [9.17, 15) is 0 Å². The summed E-state index contributed by atoms with van der Waals surface area (Å²) in [5, 5.41) is 21.6. The first-order valence-electron chi connectivity index (χ1n) is 22.7. The molecule has 6 nitrogen and oxygen atoms in total. The lowest BCUT2D eigenvalue weighted by molar-refractivity contribution is -0.737.